The topological polar surface area (TPSA) is 79.3 Å². The number of aliphatic carboxylic acids is 1. The van der Waals surface area contributed by atoms with Crippen LogP contribution in [0.2, 0.25) is 5.02 Å². The number of aromatic nitrogens is 1. The Hall–Kier alpha value is -1.62. The molecule has 0 spiro atoms. The normalized spacial score (nSPS) is 12.2. The van der Waals surface area contributed by atoms with E-state index in [9.17, 15) is 9.59 Å². The summed E-state index contributed by atoms with van der Waals surface area (Å²) < 4.78 is 0. The Morgan fingerprint density at radius 1 is 1.47 bits per heavy atom. The fourth-order valence-corrected chi connectivity index (χ4v) is 1.42. The van der Waals surface area contributed by atoms with E-state index in [-0.39, 0.29) is 11.6 Å². The minimum Gasteiger partial charge on any atom is -0.480 e. The molecule has 0 radical (unpaired) electrons. The van der Waals surface area contributed by atoms with Gasteiger partial charge in [-0.2, -0.15) is 0 Å². The van der Waals surface area contributed by atoms with Gasteiger partial charge in [-0.3, -0.25) is 9.78 Å². The van der Waals surface area contributed by atoms with E-state index in [2.05, 4.69) is 10.3 Å². The molecule has 1 atom stereocenters. The highest BCUT2D eigenvalue weighted by atomic mass is 35.5. The van der Waals surface area contributed by atoms with Crippen molar-refractivity contribution in [1.29, 1.82) is 0 Å². The molecular formula is C11H13ClN2O3. The van der Waals surface area contributed by atoms with Crippen LogP contribution in [0.1, 0.15) is 24.3 Å². The number of hydrogen-bond donors (Lipinski definition) is 2. The molecule has 6 heteroatoms. The SMILES string of the molecule is CC(C)[C@H](NC(=O)c1cc(Cl)ccn1)C(=O)O. The van der Waals surface area contributed by atoms with Crippen LogP contribution in [0.3, 0.4) is 0 Å². The van der Waals surface area contributed by atoms with Crippen LogP contribution in [0.25, 0.3) is 0 Å². The van der Waals surface area contributed by atoms with Crippen molar-refractivity contribution >= 4 is 23.5 Å². The van der Waals surface area contributed by atoms with Crippen LogP contribution >= 0.6 is 11.6 Å². The van der Waals surface area contributed by atoms with E-state index in [1.807, 2.05) is 0 Å². The van der Waals surface area contributed by atoms with E-state index in [1.165, 1.54) is 18.3 Å². The summed E-state index contributed by atoms with van der Waals surface area (Å²) in [6.45, 7) is 3.43. The van der Waals surface area contributed by atoms with Crippen molar-refractivity contribution in [3.05, 3.63) is 29.0 Å². The number of carbonyl (C=O) groups excluding carboxylic acids is 1. The van der Waals surface area contributed by atoms with E-state index in [0.717, 1.165) is 0 Å². The number of amides is 1. The molecule has 1 heterocycles. The third kappa shape index (κ3) is 3.71. The average Bonchev–Trinajstić information content (AvgIpc) is 2.24. The summed E-state index contributed by atoms with van der Waals surface area (Å²) in [5.41, 5.74) is 0.101. The highest BCUT2D eigenvalue weighted by molar-refractivity contribution is 6.30. The average molecular weight is 257 g/mol. The van der Waals surface area contributed by atoms with Crippen molar-refractivity contribution in [2.75, 3.05) is 0 Å². The van der Waals surface area contributed by atoms with Crippen molar-refractivity contribution in [3.63, 3.8) is 0 Å². The van der Waals surface area contributed by atoms with Gasteiger partial charge >= 0.3 is 5.97 Å². The summed E-state index contributed by atoms with van der Waals surface area (Å²) in [7, 11) is 0. The number of pyridine rings is 1. The van der Waals surface area contributed by atoms with Crippen LogP contribution in [-0.2, 0) is 4.79 Å². The summed E-state index contributed by atoms with van der Waals surface area (Å²) >= 11 is 5.71. The van der Waals surface area contributed by atoms with Gasteiger partial charge in [-0.25, -0.2) is 4.79 Å². The summed E-state index contributed by atoms with van der Waals surface area (Å²) in [5.74, 6) is -1.83. The number of carboxylic acid groups (broad SMARTS) is 1. The lowest BCUT2D eigenvalue weighted by Crippen LogP contribution is -2.44. The molecule has 0 aliphatic rings. The molecule has 0 fully saturated rings. The zero-order valence-corrected chi connectivity index (χ0v) is 10.2. The molecule has 1 aromatic rings. The second kappa shape index (κ2) is 5.63. The predicted molar refractivity (Wildman–Crippen MR) is 63.0 cm³/mol. The summed E-state index contributed by atoms with van der Waals surface area (Å²) in [6, 6.07) is 1.98. The third-order valence-electron chi connectivity index (χ3n) is 2.17. The van der Waals surface area contributed by atoms with E-state index in [4.69, 9.17) is 16.7 Å². The lowest BCUT2D eigenvalue weighted by atomic mass is 10.0. The fraction of sp³-hybridized carbons (Fsp3) is 0.364. The van der Waals surface area contributed by atoms with Gasteiger partial charge in [0, 0.05) is 11.2 Å². The van der Waals surface area contributed by atoms with Crippen molar-refractivity contribution in [2.24, 2.45) is 5.92 Å². The molecule has 0 aliphatic carbocycles. The quantitative estimate of drug-likeness (QED) is 0.857. The highest BCUT2D eigenvalue weighted by Crippen LogP contribution is 2.09. The Bertz CT molecular complexity index is 434. The molecule has 17 heavy (non-hydrogen) atoms. The molecule has 0 aromatic carbocycles. The third-order valence-corrected chi connectivity index (χ3v) is 2.41. The molecule has 0 unspecified atom stereocenters. The van der Waals surface area contributed by atoms with Gasteiger partial charge in [0.2, 0.25) is 0 Å². The van der Waals surface area contributed by atoms with Gasteiger partial charge in [0.1, 0.15) is 11.7 Å². The van der Waals surface area contributed by atoms with Crippen molar-refractivity contribution < 1.29 is 14.7 Å². The molecule has 0 aliphatic heterocycles. The first-order valence-corrected chi connectivity index (χ1v) is 5.45. The lowest BCUT2D eigenvalue weighted by molar-refractivity contribution is -0.140. The largest absolute Gasteiger partial charge is 0.480 e. The van der Waals surface area contributed by atoms with E-state index in [0.29, 0.717) is 5.02 Å². The Kier molecular flexibility index (Phi) is 4.45. The Labute approximate surface area is 104 Å². The standard InChI is InChI=1S/C11H13ClN2O3/c1-6(2)9(11(16)17)14-10(15)8-5-7(12)3-4-13-8/h3-6,9H,1-2H3,(H,14,15)(H,16,17)/t9-/m0/s1. The Balaban J connectivity index is 2.81. The Morgan fingerprint density at radius 2 is 2.12 bits per heavy atom. The van der Waals surface area contributed by atoms with Crippen LogP contribution in [0, 0.1) is 5.92 Å². The van der Waals surface area contributed by atoms with E-state index in [1.54, 1.807) is 13.8 Å². The van der Waals surface area contributed by atoms with Gasteiger partial charge in [0.15, 0.2) is 0 Å². The molecule has 0 saturated heterocycles. The van der Waals surface area contributed by atoms with E-state index < -0.39 is 17.9 Å². The first-order chi connectivity index (χ1) is 7.91. The number of carbonyl (C=O) groups is 2. The number of halogens is 1. The highest BCUT2D eigenvalue weighted by Gasteiger charge is 2.24. The van der Waals surface area contributed by atoms with Crippen LogP contribution in [-0.4, -0.2) is 28.0 Å². The zero-order valence-electron chi connectivity index (χ0n) is 9.48. The maximum absolute atomic E-state index is 11.7. The monoisotopic (exact) mass is 256 g/mol. The number of nitrogens with one attached hydrogen (secondary N) is 1. The second-order valence-corrected chi connectivity index (χ2v) is 4.33. The summed E-state index contributed by atoms with van der Waals surface area (Å²) in [4.78, 5) is 26.5. The molecule has 1 aromatic heterocycles. The van der Waals surface area contributed by atoms with Crippen LogP contribution in [0.15, 0.2) is 18.3 Å². The van der Waals surface area contributed by atoms with Crippen LogP contribution in [0.4, 0.5) is 0 Å². The van der Waals surface area contributed by atoms with Gasteiger partial charge in [0.05, 0.1) is 0 Å². The minimum absolute atomic E-state index is 0.101. The van der Waals surface area contributed by atoms with Crippen molar-refractivity contribution in [1.82, 2.24) is 10.3 Å². The molecule has 2 N–H and O–H groups in total. The fourth-order valence-electron chi connectivity index (χ4n) is 1.26. The zero-order chi connectivity index (χ0) is 13.0. The van der Waals surface area contributed by atoms with Gasteiger partial charge in [0.25, 0.3) is 5.91 Å². The molecular weight excluding hydrogens is 244 g/mol. The molecule has 1 rings (SSSR count). The molecule has 1 amide bonds. The molecule has 5 nitrogen and oxygen atoms in total. The van der Waals surface area contributed by atoms with E-state index >= 15 is 0 Å². The first-order valence-electron chi connectivity index (χ1n) is 5.07. The molecule has 0 bridgehead atoms. The van der Waals surface area contributed by atoms with Crippen LogP contribution in [0.5, 0.6) is 0 Å². The summed E-state index contributed by atoms with van der Waals surface area (Å²) in [5, 5.41) is 11.7. The van der Waals surface area contributed by atoms with Crippen molar-refractivity contribution in [3.8, 4) is 0 Å². The maximum atomic E-state index is 11.7. The van der Waals surface area contributed by atoms with Gasteiger partial charge < -0.3 is 10.4 Å². The number of hydrogen-bond acceptors (Lipinski definition) is 3. The molecule has 92 valence electrons. The van der Waals surface area contributed by atoms with Gasteiger partial charge in [-0.05, 0) is 18.1 Å². The lowest BCUT2D eigenvalue weighted by Gasteiger charge is -2.17. The number of rotatable bonds is 4. The minimum atomic E-state index is -1.07. The van der Waals surface area contributed by atoms with Crippen LogP contribution < -0.4 is 5.32 Å². The predicted octanol–water partition coefficient (Wildman–Crippen LogP) is 1.57. The van der Waals surface area contributed by atoms with Gasteiger partial charge in [-0.1, -0.05) is 25.4 Å². The smallest absolute Gasteiger partial charge is 0.326 e. The first kappa shape index (κ1) is 13.4. The Morgan fingerprint density at radius 3 is 2.59 bits per heavy atom. The second-order valence-electron chi connectivity index (χ2n) is 3.89. The maximum Gasteiger partial charge on any atom is 0.326 e. The number of carboxylic acids is 1. The number of nitrogens with zero attached hydrogens (tertiary/aromatic N) is 1. The summed E-state index contributed by atoms with van der Waals surface area (Å²) in [6.07, 6.45) is 1.39. The van der Waals surface area contributed by atoms with Crippen molar-refractivity contribution in [2.45, 2.75) is 19.9 Å². The molecule has 0 saturated carbocycles. The van der Waals surface area contributed by atoms with Gasteiger partial charge in [-0.15, -0.1) is 0 Å².